The van der Waals surface area contributed by atoms with Crippen molar-refractivity contribution in [3.05, 3.63) is 36.4 Å². The molecule has 1 amide bonds. The molecular weight excluding hydrogens is 394 g/mol. The second-order valence-corrected chi connectivity index (χ2v) is 7.53. The Kier molecular flexibility index (Phi) is 7.46. The number of aliphatic hydroxyl groups excluding tert-OH is 1. The molecule has 3 unspecified atom stereocenters. The number of rotatable bonds is 5. The highest BCUT2D eigenvalue weighted by atomic mass is 35.5. The van der Waals surface area contributed by atoms with Crippen molar-refractivity contribution in [3.8, 4) is 5.75 Å². The lowest BCUT2D eigenvalue weighted by Crippen LogP contribution is -2.34. The van der Waals surface area contributed by atoms with E-state index in [1.165, 1.54) is 0 Å². The molecule has 1 saturated heterocycles. The maximum absolute atomic E-state index is 12.4. The Bertz CT molecular complexity index is 792. The van der Waals surface area contributed by atoms with Gasteiger partial charge < -0.3 is 20.5 Å². The van der Waals surface area contributed by atoms with Gasteiger partial charge >= 0.3 is 0 Å². The van der Waals surface area contributed by atoms with Gasteiger partial charge in [-0.15, -0.1) is 17.5 Å². The van der Waals surface area contributed by atoms with Crippen molar-refractivity contribution in [1.29, 1.82) is 0 Å². The van der Waals surface area contributed by atoms with Crippen LogP contribution in [0.1, 0.15) is 55.2 Å². The molecule has 1 aliphatic carbocycles. The minimum absolute atomic E-state index is 0. The van der Waals surface area contributed by atoms with Crippen molar-refractivity contribution in [2.45, 2.75) is 56.8 Å². The van der Waals surface area contributed by atoms with Gasteiger partial charge in [0.15, 0.2) is 0 Å². The van der Waals surface area contributed by atoms with Crippen molar-refractivity contribution >= 4 is 24.0 Å². The Morgan fingerprint density at radius 1 is 1.17 bits per heavy atom. The molecule has 1 aromatic carbocycles. The summed E-state index contributed by atoms with van der Waals surface area (Å²) in [5, 5.41) is 20.5. The van der Waals surface area contributed by atoms with Gasteiger partial charge in [0.1, 0.15) is 18.2 Å². The highest BCUT2D eigenvalue weighted by molar-refractivity contribution is 6.01. The fourth-order valence-electron chi connectivity index (χ4n) is 3.81. The second-order valence-electron chi connectivity index (χ2n) is 7.53. The average molecular weight is 422 g/mol. The van der Waals surface area contributed by atoms with Crippen molar-refractivity contribution in [3.63, 3.8) is 0 Å². The fourth-order valence-corrected chi connectivity index (χ4v) is 3.81. The zero-order chi connectivity index (χ0) is 19.3. The van der Waals surface area contributed by atoms with Crippen LogP contribution in [-0.4, -0.2) is 51.1 Å². The number of hydrogen-bond acceptors (Lipinski definition) is 6. The number of halogens is 1. The molecule has 2 aromatic rings. The highest BCUT2D eigenvalue weighted by Gasteiger charge is 2.24. The number of nitrogens with zero attached hydrogens (tertiary/aromatic N) is 3. The first kappa shape index (κ1) is 21.5. The van der Waals surface area contributed by atoms with Crippen LogP contribution < -0.4 is 15.4 Å². The molecule has 9 heteroatoms. The number of nitrogens with one attached hydrogen (secondary N) is 2. The van der Waals surface area contributed by atoms with Gasteiger partial charge in [-0.2, -0.15) is 0 Å². The van der Waals surface area contributed by atoms with E-state index in [1.807, 2.05) is 0 Å². The normalized spacial score (nSPS) is 24.4. The largest absolute Gasteiger partial charge is 0.488 e. The Labute approximate surface area is 176 Å². The number of hydrogen-bond donors (Lipinski definition) is 3. The summed E-state index contributed by atoms with van der Waals surface area (Å²) in [4.78, 5) is 16.6. The quantitative estimate of drug-likeness (QED) is 0.685. The molecule has 0 spiro atoms. The van der Waals surface area contributed by atoms with E-state index in [2.05, 4.69) is 20.7 Å². The summed E-state index contributed by atoms with van der Waals surface area (Å²) in [6, 6.07) is 7.41. The fraction of sp³-hybridized carbons (Fsp3) is 0.550. The highest BCUT2D eigenvalue weighted by Crippen LogP contribution is 2.25. The number of carbonyl (C=O) groups is 1. The molecular formula is C20H28ClN5O3. The molecule has 8 nitrogen and oxygen atoms in total. The minimum atomic E-state index is -0.409. The third-order valence-corrected chi connectivity index (χ3v) is 5.42. The number of aliphatic hydroxyl groups is 1. The topological polar surface area (TPSA) is 101 Å². The molecule has 1 aromatic heterocycles. The summed E-state index contributed by atoms with van der Waals surface area (Å²) in [5.74, 6) is 0.520. The molecule has 3 N–H and O–H groups in total. The van der Waals surface area contributed by atoms with Gasteiger partial charge in [0.05, 0.1) is 12.1 Å². The SMILES string of the molecule is Cl.O=C(Nc1ccc(OC2CCCCC2O)cc1)c1ncn(C2CCCNC2)n1. The van der Waals surface area contributed by atoms with Crippen LogP contribution in [0.2, 0.25) is 0 Å². The van der Waals surface area contributed by atoms with Gasteiger partial charge in [0.25, 0.3) is 5.91 Å². The van der Waals surface area contributed by atoms with Crippen molar-refractivity contribution < 1.29 is 14.6 Å². The third-order valence-electron chi connectivity index (χ3n) is 5.42. The predicted octanol–water partition coefficient (Wildman–Crippen LogP) is 2.56. The lowest BCUT2D eigenvalue weighted by atomic mass is 9.95. The summed E-state index contributed by atoms with van der Waals surface area (Å²) in [6.07, 6.45) is 6.97. The summed E-state index contributed by atoms with van der Waals surface area (Å²) in [5.41, 5.74) is 0.650. The van der Waals surface area contributed by atoms with Crippen LogP contribution in [0.5, 0.6) is 5.75 Å². The molecule has 0 radical (unpaired) electrons. The zero-order valence-electron chi connectivity index (χ0n) is 16.3. The van der Waals surface area contributed by atoms with Gasteiger partial charge in [-0.05, 0) is 62.9 Å². The summed E-state index contributed by atoms with van der Waals surface area (Å²) in [7, 11) is 0. The van der Waals surface area contributed by atoms with E-state index in [0.717, 1.165) is 51.6 Å². The smallest absolute Gasteiger partial charge is 0.295 e. The van der Waals surface area contributed by atoms with Crippen molar-refractivity contribution in [2.24, 2.45) is 0 Å². The van der Waals surface area contributed by atoms with Crippen LogP contribution in [0, 0.1) is 0 Å². The zero-order valence-corrected chi connectivity index (χ0v) is 17.1. The summed E-state index contributed by atoms with van der Waals surface area (Å²) in [6.45, 7) is 1.87. The number of anilines is 1. The van der Waals surface area contributed by atoms with Crippen molar-refractivity contribution in [1.82, 2.24) is 20.1 Å². The number of carbonyl (C=O) groups excluding carboxylic acids is 1. The molecule has 2 aliphatic rings. The number of benzene rings is 1. The van der Waals surface area contributed by atoms with E-state index < -0.39 is 6.10 Å². The second kappa shape index (κ2) is 10.0. The summed E-state index contributed by atoms with van der Waals surface area (Å²) >= 11 is 0. The molecule has 2 fully saturated rings. The van der Waals surface area contributed by atoms with E-state index in [1.54, 1.807) is 35.3 Å². The van der Waals surface area contributed by atoms with Crippen LogP contribution in [0.15, 0.2) is 30.6 Å². The van der Waals surface area contributed by atoms with Crippen LogP contribution in [-0.2, 0) is 0 Å². The molecule has 1 aliphatic heterocycles. The number of amides is 1. The molecule has 158 valence electrons. The summed E-state index contributed by atoms with van der Waals surface area (Å²) < 4.78 is 7.66. The van der Waals surface area contributed by atoms with Crippen molar-refractivity contribution in [2.75, 3.05) is 18.4 Å². The van der Waals surface area contributed by atoms with Gasteiger partial charge in [-0.1, -0.05) is 6.42 Å². The molecule has 0 bridgehead atoms. The molecule has 2 heterocycles. The maximum Gasteiger partial charge on any atom is 0.295 e. The van der Waals surface area contributed by atoms with Gasteiger partial charge in [0, 0.05) is 12.2 Å². The molecule has 1 saturated carbocycles. The first-order valence-corrected chi connectivity index (χ1v) is 10.1. The van der Waals surface area contributed by atoms with E-state index >= 15 is 0 Å². The first-order valence-electron chi connectivity index (χ1n) is 10.1. The minimum Gasteiger partial charge on any atom is -0.488 e. The Balaban J connectivity index is 0.00000240. The van der Waals surface area contributed by atoms with Crippen LogP contribution in [0.25, 0.3) is 0 Å². The van der Waals surface area contributed by atoms with E-state index in [4.69, 9.17) is 4.74 Å². The average Bonchev–Trinajstić information content (AvgIpc) is 3.22. The van der Waals surface area contributed by atoms with Gasteiger partial charge in [0.2, 0.25) is 5.82 Å². The first-order chi connectivity index (χ1) is 13.7. The van der Waals surface area contributed by atoms with Crippen LogP contribution in [0.3, 0.4) is 0 Å². The maximum atomic E-state index is 12.4. The number of aromatic nitrogens is 3. The Morgan fingerprint density at radius 2 is 1.97 bits per heavy atom. The lowest BCUT2D eigenvalue weighted by Gasteiger charge is -2.28. The third kappa shape index (κ3) is 5.46. The monoisotopic (exact) mass is 421 g/mol. The standard InChI is InChI=1S/C20H27N5O3.ClH/c26-17-5-1-2-6-18(17)28-16-9-7-14(8-10-16)23-20(27)19-22-13-25(24-19)15-4-3-11-21-12-15;/h7-10,13,15,17-18,21,26H,1-6,11-12H2,(H,23,27);1H. The number of ether oxygens (including phenoxy) is 1. The van der Waals surface area contributed by atoms with E-state index in [0.29, 0.717) is 11.4 Å². The molecule has 29 heavy (non-hydrogen) atoms. The van der Waals surface area contributed by atoms with E-state index in [9.17, 15) is 9.90 Å². The van der Waals surface area contributed by atoms with Crippen LogP contribution in [0.4, 0.5) is 5.69 Å². The lowest BCUT2D eigenvalue weighted by molar-refractivity contribution is 0.00688. The Morgan fingerprint density at radius 3 is 2.69 bits per heavy atom. The number of piperidine rings is 1. The predicted molar refractivity (Wildman–Crippen MR) is 112 cm³/mol. The molecule has 4 rings (SSSR count). The molecule has 3 atom stereocenters. The Hall–Kier alpha value is -2.16. The van der Waals surface area contributed by atoms with Crippen LogP contribution >= 0.6 is 12.4 Å². The van der Waals surface area contributed by atoms with Gasteiger partial charge in [-0.25, -0.2) is 9.67 Å². The van der Waals surface area contributed by atoms with E-state index in [-0.39, 0.29) is 36.3 Å². The van der Waals surface area contributed by atoms with Gasteiger partial charge in [-0.3, -0.25) is 4.79 Å².